The Balaban J connectivity index is 1.37. The minimum absolute atomic E-state index is 0.0285. The van der Waals surface area contributed by atoms with E-state index < -0.39 is 29.4 Å². The summed E-state index contributed by atoms with van der Waals surface area (Å²) in [6.07, 6.45) is -3.95. The van der Waals surface area contributed by atoms with Gasteiger partial charge in [-0.05, 0) is 35.1 Å². The number of nitrogens with zero attached hydrogens (tertiary/aromatic N) is 1. The largest absolute Gasteiger partial charge is 0.479 e. The molecule has 2 aliphatic heterocycles. The third kappa shape index (κ3) is 2.36. The van der Waals surface area contributed by atoms with Crippen LogP contribution in [0.25, 0.3) is 11.1 Å². The highest BCUT2D eigenvalue weighted by atomic mass is 19.3. The van der Waals surface area contributed by atoms with E-state index in [0.29, 0.717) is 0 Å². The van der Waals surface area contributed by atoms with Crippen LogP contribution >= 0.6 is 0 Å². The van der Waals surface area contributed by atoms with E-state index >= 15 is 0 Å². The van der Waals surface area contributed by atoms with Gasteiger partial charge in [-0.2, -0.15) is 0 Å². The van der Waals surface area contributed by atoms with Crippen molar-refractivity contribution in [2.24, 2.45) is 5.41 Å². The maximum absolute atomic E-state index is 13.4. The molecule has 2 saturated heterocycles. The molecule has 0 atom stereocenters. The second kappa shape index (κ2) is 6.02. The minimum atomic E-state index is -2.67. The lowest BCUT2D eigenvalue weighted by Crippen LogP contribution is -2.58. The Morgan fingerprint density at radius 2 is 1.62 bits per heavy atom. The molecule has 0 unspecified atom stereocenters. The van der Waals surface area contributed by atoms with Crippen molar-refractivity contribution in [3.05, 3.63) is 59.7 Å². The molecule has 5 nitrogen and oxygen atoms in total. The fraction of sp³-hybridized carbons (Fsp3) is 0.364. The molecule has 150 valence electrons. The average Bonchev–Trinajstić information content (AvgIpc) is 3.32. The summed E-state index contributed by atoms with van der Waals surface area (Å²) in [6, 6.07) is 15.7. The smallest absolute Gasteiger partial charge is 0.410 e. The molecular formula is C22H19F2NO4. The molecule has 2 bridgehead atoms. The van der Waals surface area contributed by atoms with E-state index in [9.17, 15) is 23.5 Å². The number of carbonyl (C=O) groups is 2. The Bertz CT molecular complexity index is 970. The number of amides is 1. The number of halogens is 2. The van der Waals surface area contributed by atoms with Gasteiger partial charge in [-0.3, -0.25) is 4.90 Å². The van der Waals surface area contributed by atoms with E-state index in [1.807, 2.05) is 48.5 Å². The number of alkyl halides is 2. The zero-order chi connectivity index (χ0) is 20.4. The topological polar surface area (TPSA) is 66.8 Å². The SMILES string of the molecule is O=C(OCC1c2ccccc2-c2ccccc21)N1CC2(C(F)F)CC1(C(=O)O)C2. The van der Waals surface area contributed by atoms with E-state index in [-0.39, 0.29) is 31.9 Å². The number of ether oxygens (including phenoxy) is 1. The molecule has 0 spiro atoms. The van der Waals surface area contributed by atoms with E-state index in [4.69, 9.17) is 4.74 Å². The van der Waals surface area contributed by atoms with Crippen molar-refractivity contribution in [3.8, 4) is 11.1 Å². The number of hydrogen-bond acceptors (Lipinski definition) is 3. The Hall–Kier alpha value is -2.96. The predicted molar refractivity (Wildman–Crippen MR) is 99.8 cm³/mol. The number of carboxylic acids is 1. The Labute approximate surface area is 165 Å². The van der Waals surface area contributed by atoms with Crippen LogP contribution in [0.2, 0.25) is 0 Å². The quantitative estimate of drug-likeness (QED) is 0.840. The first-order valence-electron chi connectivity index (χ1n) is 9.52. The highest BCUT2D eigenvalue weighted by Crippen LogP contribution is 2.62. The van der Waals surface area contributed by atoms with Crippen LogP contribution in [0.1, 0.15) is 29.9 Å². The van der Waals surface area contributed by atoms with Crippen molar-refractivity contribution in [2.45, 2.75) is 30.7 Å². The molecule has 6 rings (SSSR count). The summed E-state index contributed by atoms with van der Waals surface area (Å²) in [5.41, 5.74) is 1.22. The lowest BCUT2D eigenvalue weighted by atomic mass is 9.62. The van der Waals surface area contributed by atoms with Crippen LogP contribution in [-0.4, -0.2) is 47.2 Å². The molecule has 1 amide bonds. The summed E-state index contributed by atoms with van der Waals surface area (Å²) in [5, 5.41) is 9.57. The van der Waals surface area contributed by atoms with Gasteiger partial charge in [0.25, 0.3) is 0 Å². The molecule has 29 heavy (non-hydrogen) atoms. The zero-order valence-electron chi connectivity index (χ0n) is 15.5. The molecule has 7 heteroatoms. The normalized spacial score (nSPS) is 26.8. The van der Waals surface area contributed by atoms with E-state index in [2.05, 4.69) is 0 Å². The molecule has 2 heterocycles. The molecule has 4 aliphatic rings. The van der Waals surface area contributed by atoms with Crippen molar-refractivity contribution in [1.29, 1.82) is 0 Å². The van der Waals surface area contributed by atoms with Crippen LogP contribution in [0.15, 0.2) is 48.5 Å². The highest BCUT2D eigenvalue weighted by Gasteiger charge is 2.74. The minimum Gasteiger partial charge on any atom is -0.479 e. The summed E-state index contributed by atoms with van der Waals surface area (Å²) >= 11 is 0. The molecule has 0 radical (unpaired) electrons. The van der Waals surface area contributed by atoms with Crippen molar-refractivity contribution >= 4 is 12.1 Å². The maximum Gasteiger partial charge on any atom is 0.410 e. The standard InChI is InChI=1S/C22H19F2NO4/c23-18(24)21-10-22(11-21,19(26)27)25(12-21)20(28)29-9-17-15-7-3-1-5-13(15)14-6-2-4-8-16(14)17/h1-8,17-18H,9-12H2,(H,26,27). The fourth-order valence-corrected chi connectivity index (χ4v) is 5.28. The molecule has 1 saturated carbocycles. The van der Waals surface area contributed by atoms with Gasteiger partial charge in [0.05, 0.1) is 5.41 Å². The predicted octanol–water partition coefficient (Wildman–Crippen LogP) is 4.12. The van der Waals surface area contributed by atoms with Crippen molar-refractivity contribution in [2.75, 3.05) is 13.2 Å². The van der Waals surface area contributed by atoms with Gasteiger partial charge in [0.15, 0.2) is 0 Å². The first-order valence-corrected chi connectivity index (χ1v) is 9.52. The lowest BCUT2D eigenvalue weighted by molar-refractivity contribution is -0.158. The number of carbonyl (C=O) groups excluding carboxylic acids is 1. The van der Waals surface area contributed by atoms with E-state index in [1.165, 1.54) is 0 Å². The molecule has 0 aromatic heterocycles. The monoisotopic (exact) mass is 399 g/mol. The van der Waals surface area contributed by atoms with Crippen molar-refractivity contribution in [1.82, 2.24) is 4.90 Å². The number of benzene rings is 2. The third-order valence-corrected chi connectivity index (χ3v) is 6.70. The lowest BCUT2D eigenvalue weighted by Gasteiger charge is -2.43. The van der Waals surface area contributed by atoms with Crippen molar-refractivity contribution in [3.63, 3.8) is 0 Å². The molecule has 3 fully saturated rings. The summed E-state index contributed by atoms with van der Waals surface area (Å²) < 4.78 is 32.3. The van der Waals surface area contributed by atoms with Crippen LogP contribution in [-0.2, 0) is 9.53 Å². The van der Waals surface area contributed by atoms with Gasteiger partial charge in [0.2, 0.25) is 6.43 Å². The van der Waals surface area contributed by atoms with Crippen molar-refractivity contribution < 1.29 is 28.2 Å². The maximum atomic E-state index is 13.4. The molecular weight excluding hydrogens is 380 g/mol. The highest BCUT2D eigenvalue weighted by molar-refractivity contribution is 5.88. The summed E-state index contributed by atoms with van der Waals surface area (Å²) in [7, 11) is 0. The third-order valence-electron chi connectivity index (χ3n) is 6.70. The van der Waals surface area contributed by atoms with Gasteiger partial charge in [-0.15, -0.1) is 0 Å². The van der Waals surface area contributed by atoms with Gasteiger partial charge < -0.3 is 9.84 Å². The average molecular weight is 399 g/mol. The zero-order valence-corrected chi connectivity index (χ0v) is 15.5. The Morgan fingerprint density at radius 1 is 1.07 bits per heavy atom. The van der Waals surface area contributed by atoms with Gasteiger partial charge in [-0.25, -0.2) is 18.4 Å². The van der Waals surface area contributed by atoms with Gasteiger partial charge in [0.1, 0.15) is 12.1 Å². The van der Waals surface area contributed by atoms with Gasteiger partial charge in [-0.1, -0.05) is 48.5 Å². The Kier molecular flexibility index (Phi) is 3.75. The molecule has 2 aliphatic carbocycles. The first kappa shape index (κ1) is 18.1. The van der Waals surface area contributed by atoms with Gasteiger partial charge in [0, 0.05) is 12.5 Å². The molecule has 2 aromatic carbocycles. The number of hydrogen-bond donors (Lipinski definition) is 1. The number of fused-ring (bicyclic) bond motifs is 4. The number of carboxylic acid groups (broad SMARTS) is 1. The van der Waals surface area contributed by atoms with Crippen LogP contribution in [0.3, 0.4) is 0 Å². The molecule has 2 aromatic rings. The van der Waals surface area contributed by atoms with E-state index in [0.717, 1.165) is 27.2 Å². The van der Waals surface area contributed by atoms with Gasteiger partial charge >= 0.3 is 12.1 Å². The van der Waals surface area contributed by atoms with Crippen LogP contribution < -0.4 is 0 Å². The summed E-state index contributed by atoms with van der Waals surface area (Å²) in [4.78, 5) is 25.5. The number of rotatable bonds is 4. The van der Waals surface area contributed by atoms with Crippen LogP contribution in [0.4, 0.5) is 13.6 Å². The molecule has 1 N–H and O–H groups in total. The second-order valence-corrected chi connectivity index (χ2v) is 8.24. The van der Waals surface area contributed by atoms with Crippen LogP contribution in [0.5, 0.6) is 0 Å². The summed E-state index contributed by atoms with van der Waals surface area (Å²) in [6.45, 7) is -0.256. The second-order valence-electron chi connectivity index (χ2n) is 8.24. The first-order chi connectivity index (χ1) is 13.9. The van der Waals surface area contributed by atoms with E-state index in [1.54, 1.807) is 0 Å². The Morgan fingerprint density at radius 3 is 2.14 bits per heavy atom. The summed E-state index contributed by atoms with van der Waals surface area (Å²) in [5.74, 6) is -1.42. The number of aliphatic carboxylic acids is 1. The fourth-order valence-electron chi connectivity index (χ4n) is 5.28. The van der Waals surface area contributed by atoms with Crippen LogP contribution in [0, 0.1) is 5.41 Å².